The van der Waals surface area contributed by atoms with Crippen molar-refractivity contribution in [3.8, 4) is 5.75 Å². The average Bonchev–Trinajstić information content (AvgIpc) is 1.13. The van der Waals surface area contributed by atoms with Gasteiger partial charge in [-0.15, -0.1) is 0 Å². The minimum Gasteiger partial charge on any atom is -0.508 e. The number of benzene rings is 4. The molecule has 0 aliphatic carbocycles. The number of hydrogen-bond donors (Lipinski definition) is 17. The summed E-state index contributed by atoms with van der Waals surface area (Å²) >= 11 is 6.22. The van der Waals surface area contributed by atoms with E-state index in [1.165, 1.54) is 55.4 Å². The summed E-state index contributed by atoms with van der Waals surface area (Å²) in [6.45, 7) is 5.00. The molecule has 1 saturated heterocycles. The lowest BCUT2D eigenvalue weighted by Crippen LogP contribution is -2.61. The Labute approximate surface area is 594 Å². The fourth-order valence-electron chi connectivity index (χ4n) is 11.4. The van der Waals surface area contributed by atoms with Crippen molar-refractivity contribution in [2.45, 2.75) is 159 Å². The summed E-state index contributed by atoms with van der Waals surface area (Å²) in [4.78, 5) is 172. The van der Waals surface area contributed by atoms with Crippen LogP contribution < -0.4 is 70.0 Å². The number of halogens is 1. The van der Waals surface area contributed by atoms with Gasteiger partial charge in [0.1, 0.15) is 66.2 Å². The van der Waals surface area contributed by atoms with E-state index in [-0.39, 0.29) is 101 Å². The molecule has 1 fully saturated rings. The zero-order chi connectivity index (χ0) is 74.6. The van der Waals surface area contributed by atoms with E-state index in [4.69, 9.17) is 28.5 Å². The molecule has 0 bridgehead atoms. The third-order valence-corrected chi connectivity index (χ3v) is 16.9. The summed E-state index contributed by atoms with van der Waals surface area (Å²) in [5.74, 6) is -10.7. The van der Waals surface area contributed by atoms with Crippen molar-refractivity contribution in [2.75, 3.05) is 26.2 Å². The van der Waals surface area contributed by atoms with Crippen molar-refractivity contribution >= 4 is 99.4 Å². The normalized spacial score (nSPS) is 15.2. The molecule has 1 aliphatic rings. The van der Waals surface area contributed by atoms with Gasteiger partial charge >= 0.3 is 12.0 Å². The Hall–Kier alpha value is -10.9. The Balaban J connectivity index is 1.25. The first-order chi connectivity index (χ1) is 48.6. The molecule has 19 N–H and O–H groups in total. The number of fused-ring (bicyclic) bond motifs is 1. The third-order valence-electron chi connectivity index (χ3n) is 16.7. The molecule has 1 aliphatic heterocycles. The zero-order valence-electron chi connectivity index (χ0n) is 57.1. The number of carboxylic acid groups (broad SMARTS) is 1. The number of nitrogens with two attached hydrogens (primary N) is 2. The van der Waals surface area contributed by atoms with Crippen LogP contribution in [0, 0.1) is 11.3 Å². The number of rotatable bonds is 38. The van der Waals surface area contributed by atoms with E-state index in [0.29, 0.717) is 33.7 Å². The van der Waals surface area contributed by atoms with E-state index in [1.807, 2.05) is 42.5 Å². The number of aliphatic hydroxyl groups excluding tert-OH is 1. The number of carboxylic acids is 1. The van der Waals surface area contributed by atoms with Gasteiger partial charge < -0.3 is 90.2 Å². The van der Waals surface area contributed by atoms with Gasteiger partial charge in [-0.05, 0) is 121 Å². The fraction of sp³-hybridized carbons (Fsp3) is 0.429. The highest BCUT2D eigenvalue weighted by Crippen LogP contribution is 2.22. The Bertz CT molecular complexity index is 3760. The number of urea groups is 1. The smallest absolute Gasteiger partial charge is 0.325 e. The topological polar surface area (TPSA) is 490 Å². The van der Waals surface area contributed by atoms with Crippen molar-refractivity contribution in [1.82, 2.24) is 68.4 Å². The predicted molar refractivity (Wildman–Crippen MR) is 376 cm³/mol. The number of likely N-dealkylation sites (tertiary alicyclic amines) is 1. The number of nitrogens with zero attached hydrogens (tertiary/aromatic N) is 2. The first-order valence-corrected chi connectivity index (χ1v) is 33.8. The van der Waals surface area contributed by atoms with Gasteiger partial charge in [0.15, 0.2) is 5.96 Å². The summed E-state index contributed by atoms with van der Waals surface area (Å²) < 4.78 is 0. The average molecular weight is 1430 g/mol. The lowest BCUT2D eigenvalue weighted by molar-refractivity contribution is -0.144. The SMILES string of the molecule is CC(=O)NC(Cc1ccc2ccccc2c1)C(=O)NC(Cc1ccc(Cl)cc1)C(=O)NC(Cc1cccnc1)C(=O)NC(CO)C(=O)NC(Cc1ccc(O)cc1)C(=O)NC(CCCNC(N)=O)C(=O)NC(CC(C)C)C(=O)NC(CCCNC(=N)N)C(=O)N1CCCC1C(=O)NC(C)C(=O)O. The van der Waals surface area contributed by atoms with Crippen molar-refractivity contribution in [3.63, 3.8) is 0 Å². The number of aromatic nitrogens is 1. The van der Waals surface area contributed by atoms with E-state index < -0.39 is 138 Å². The molecular weight excluding hydrogens is 1340 g/mol. The van der Waals surface area contributed by atoms with Gasteiger partial charge in [0.2, 0.25) is 59.1 Å². The van der Waals surface area contributed by atoms with Gasteiger partial charge in [-0.2, -0.15) is 0 Å². The number of phenolic OH excluding ortho intramolecular Hbond substituents is 1. The van der Waals surface area contributed by atoms with Gasteiger partial charge in [0.05, 0.1) is 6.61 Å². The van der Waals surface area contributed by atoms with E-state index in [2.05, 4.69) is 63.5 Å². The van der Waals surface area contributed by atoms with Crippen LogP contribution >= 0.6 is 11.6 Å². The standard InChI is InChI=1S/C70H91ClN16O15/c1-39(2)31-52(60(92)81-51(15-9-28-76-69(72)73)67(99)87-30-10-16-58(87)66(98)78-40(3)68(100)101)82-59(91)50(14-8-29-77-70(74)102)80-62(94)54(34-43-20-25-49(90)26-21-43)85-65(97)57(38-88)86-64(96)56(36-45-11-7-27-75-37-45)84-63(95)55(33-42-18-23-48(71)24-19-42)83-61(93)53(79-41(4)89)35-44-17-22-46-12-5-6-13-47(46)32-44/h5-7,11-13,17-27,32,37,39-40,50-58,88,90H,8-10,14-16,28-31,33-36,38H2,1-4H3,(H,78,98)(H,79,89)(H,80,94)(H,81,92)(H,82,91)(H,83,93)(H,84,95)(H,85,97)(H,86,96)(H,100,101)(H4,72,73,76)(H3,74,77,102). The highest BCUT2D eigenvalue weighted by molar-refractivity contribution is 6.30. The summed E-state index contributed by atoms with van der Waals surface area (Å²) in [5.41, 5.74) is 12.8. The molecule has 548 valence electrons. The van der Waals surface area contributed by atoms with Crippen molar-refractivity contribution in [3.05, 3.63) is 143 Å². The van der Waals surface area contributed by atoms with Gasteiger partial charge in [0.25, 0.3) is 0 Å². The highest BCUT2D eigenvalue weighted by Gasteiger charge is 2.40. The number of nitrogens with one attached hydrogen (secondary N) is 12. The molecule has 2 heterocycles. The van der Waals surface area contributed by atoms with E-state index in [0.717, 1.165) is 10.8 Å². The van der Waals surface area contributed by atoms with Crippen LogP contribution in [0.15, 0.2) is 116 Å². The fourth-order valence-corrected chi connectivity index (χ4v) is 11.5. The molecule has 0 spiro atoms. The first kappa shape index (κ1) is 80.0. The third kappa shape index (κ3) is 26.0. The van der Waals surface area contributed by atoms with Gasteiger partial charge in [-0.25, -0.2) is 4.79 Å². The van der Waals surface area contributed by atoms with Gasteiger partial charge in [-0.1, -0.05) is 98.2 Å². The molecule has 10 atom stereocenters. The number of primary amides is 1. The van der Waals surface area contributed by atoms with Gasteiger partial charge in [0, 0.05) is 69.7 Å². The molecule has 12 amide bonds. The quantitative estimate of drug-likeness (QED) is 0.0141. The summed E-state index contributed by atoms with van der Waals surface area (Å²) in [7, 11) is 0. The maximum absolute atomic E-state index is 14.9. The van der Waals surface area contributed by atoms with E-state index in [1.54, 1.807) is 50.2 Å². The van der Waals surface area contributed by atoms with Crippen LogP contribution in [0.1, 0.15) is 94.9 Å². The molecule has 31 nitrogen and oxygen atoms in total. The lowest BCUT2D eigenvalue weighted by Gasteiger charge is -2.31. The van der Waals surface area contributed by atoms with Crippen LogP contribution in [0.5, 0.6) is 5.75 Å². The number of aliphatic carboxylic acids is 1. The summed E-state index contributed by atoms with van der Waals surface area (Å²) in [5, 5.41) is 69.0. The number of amides is 12. The van der Waals surface area contributed by atoms with Crippen LogP contribution in [0.25, 0.3) is 10.8 Å². The second-order valence-electron chi connectivity index (χ2n) is 25.3. The van der Waals surface area contributed by atoms with Crippen LogP contribution in [0.2, 0.25) is 5.02 Å². The number of pyridine rings is 1. The number of carbonyl (C=O) groups is 12. The minimum absolute atomic E-state index is 0.00862. The molecule has 5 aromatic rings. The maximum Gasteiger partial charge on any atom is 0.325 e. The molecule has 102 heavy (non-hydrogen) atoms. The molecule has 0 radical (unpaired) electrons. The molecule has 1 aromatic heterocycles. The zero-order valence-corrected chi connectivity index (χ0v) is 57.9. The summed E-state index contributed by atoms with van der Waals surface area (Å²) in [6, 6.07) is 13.0. The molecule has 4 aromatic carbocycles. The van der Waals surface area contributed by atoms with Crippen LogP contribution in [-0.4, -0.2) is 189 Å². The number of carbonyl (C=O) groups excluding carboxylic acids is 11. The molecular formula is C70H91ClN16O15. The Morgan fingerprint density at radius 1 is 0.569 bits per heavy atom. The van der Waals surface area contributed by atoms with Crippen molar-refractivity contribution < 1.29 is 72.9 Å². The van der Waals surface area contributed by atoms with Crippen molar-refractivity contribution in [1.29, 1.82) is 5.41 Å². The van der Waals surface area contributed by atoms with Crippen LogP contribution in [0.3, 0.4) is 0 Å². The van der Waals surface area contributed by atoms with E-state index >= 15 is 0 Å². The number of guanidine groups is 1. The first-order valence-electron chi connectivity index (χ1n) is 33.4. The number of phenols is 1. The largest absolute Gasteiger partial charge is 0.508 e. The Morgan fingerprint density at radius 2 is 1.05 bits per heavy atom. The highest BCUT2D eigenvalue weighted by atomic mass is 35.5. The lowest BCUT2D eigenvalue weighted by atomic mass is 9.99. The number of aromatic hydroxyl groups is 1. The maximum atomic E-state index is 14.9. The monoisotopic (exact) mass is 1430 g/mol. The van der Waals surface area contributed by atoms with Crippen molar-refractivity contribution in [2.24, 2.45) is 17.4 Å². The molecule has 32 heteroatoms. The molecule has 10 unspecified atom stereocenters. The second-order valence-corrected chi connectivity index (χ2v) is 25.8. The molecule has 6 rings (SSSR count). The van der Waals surface area contributed by atoms with Crippen LogP contribution in [-0.2, 0) is 78.4 Å². The predicted octanol–water partition coefficient (Wildman–Crippen LogP) is 0.0932. The molecule has 0 saturated carbocycles. The minimum atomic E-state index is -1.86. The Kier molecular flexibility index (Phi) is 31.2. The number of hydrogen-bond acceptors (Lipinski definition) is 16. The second kappa shape index (κ2) is 39.7. The summed E-state index contributed by atoms with van der Waals surface area (Å²) in [6.07, 6.45) is 2.55. The Morgan fingerprint density at radius 3 is 1.60 bits per heavy atom. The van der Waals surface area contributed by atoms with E-state index in [9.17, 15) is 72.9 Å². The van der Waals surface area contributed by atoms with Gasteiger partial charge in [-0.3, -0.25) is 63.1 Å². The van der Waals surface area contributed by atoms with Crippen LogP contribution in [0.4, 0.5) is 4.79 Å². The number of aliphatic hydroxyl groups is 1.